The molecule has 0 saturated carbocycles. The second-order valence-corrected chi connectivity index (χ2v) is 9.48. The highest BCUT2D eigenvalue weighted by molar-refractivity contribution is 6.21. The molecule has 0 fully saturated rings. The minimum Gasteiger partial charge on any atom is -0.264 e. The third-order valence-corrected chi connectivity index (χ3v) is 7.25. The highest BCUT2D eigenvalue weighted by Gasteiger charge is 2.17. The van der Waals surface area contributed by atoms with Crippen LogP contribution in [0.4, 0.5) is 0 Å². The van der Waals surface area contributed by atoms with E-state index in [0.717, 1.165) is 11.1 Å². The molecule has 7 aromatic rings. The van der Waals surface area contributed by atoms with Crippen molar-refractivity contribution in [3.8, 4) is 44.5 Å². The average Bonchev–Trinajstić information content (AvgIpc) is 3.01. The minimum absolute atomic E-state index is 1.12. The summed E-state index contributed by atoms with van der Waals surface area (Å²) in [6.07, 6.45) is 7.46. The Hall–Kier alpha value is -5.08. The lowest BCUT2D eigenvalue weighted by Crippen LogP contribution is -1.91. The van der Waals surface area contributed by atoms with Gasteiger partial charge in [-0.05, 0) is 78.7 Å². The van der Waals surface area contributed by atoms with Crippen molar-refractivity contribution in [3.63, 3.8) is 0 Å². The predicted molar refractivity (Wildman–Crippen MR) is 159 cm³/mol. The lowest BCUT2D eigenvalue weighted by molar-refractivity contribution is 1.33. The Balaban J connectivity index is 1.47. The Bertz CT molecular complexity index is 1830. The summed E-state index contributed by atoms with van der Waals surface area (Å²) < 4.78 is 0. The molecule has 5 aromatic carbocycles. The molecule has 0 saturated heterocycles. The topological polar surface area (TPSA) is 25.8 Å². The van der Waals surface area contributed by atoms with E-state index in [2.05, 4.69) is 119 Å². The van der Waals surface area contributed by atoms with Gasteiger partial charge in [0.25, 0.3) is 0 Å². The van der Waals surface area contributed by atoms with Gasteiger partial charge in [0, 0.05) is 30.4 Å². The summed E-state index contributed by atoms with van der Waals surface area (Å²) in [7, 11) is 0. The second-order valence-electron chi connectivity index (χ2n) is 9.48. The van der Waals surface area contributed by atoms with Gasteiger partial charge in [0.1, 0.15) is 0 Å². The minimum atomic E-state index is 1.12. The van der Waals surface area contributed by atoms with Crippen molar-refractivity contribution in [1.82, 2.24) is 9.97 Å². The van der Waals surface area contributed by atoms with Crippen LogP contribution in [-0.2, 0) is 0 Å². The number of hydrogen-bond donors (Lipinski definition) is 0. The first kappa shape index (κ1) is 22.1. The number of benzene rings is 5. The SMILES string of the molecule is c1cncc(-c2ccc(-c3c4ccccc4c(-c4cccc(-c5cccnc5)c4)c4ccccc34)cc2)c1. The molecule has 2 nitrogen and oxygen atoms in total. The van der Waals surface area contributed by atoms with Crippen LogP contribution in [0.25, 0.3) is 66.1 Å². The fourth-order valence-electron chi connectivity index (χ4n) is 5.50. The van der Waals surface area contributed by atoms with E-state index in [4.69, 9.17) is 0 Å². The Morgan fingerprint density at radius 2 is 0.763 bits per heavy atom. The Morgan fingerprint density at radius 3 is 1.29 bits per heavy atom. The number of fused-ring (bicyclic) bond motifs is 2. The average molecular weight is 485 g/mol. The zero-order valence-corrected chi connectivity index (χ0v) is 20.8. The second kappa shape index (κ2) is 9.42. The van der Waals surface area contributed by atoms with E-state index in [0.29, 0.717) is 0 Å². The standard InChI is InChI=1S/C36H24N2/c1-3-14-33-31(12-1)35(26-18-16-25(17-19-26)29-10-6-20-37-23-29)32-13-2-4-15-34(32)36(33)28-9-5-8-27(22-28)30-11-7-21-38-24-30/h1-24H. The van der Waals surface area contributed by atoms with Crippen LogP contribution in [0.5, 0.6) is 0 Å². The molecule has 0 spiro atoms. The number of hydrogen-bond acceptors (Lipinski definition) is 2. The van der Waals surface area contributed by atoms with Gasteiger partial charge in [0.05, 0.1) is 0 Å². The van der Waals surface area contributed by atoms with E-state index in [1.807, 2.05) is 36.9 Å². The maximum atomic E-state index is 4.33. The summed E-state index contributed by atoms with van der Waals surface area (Å²) in [5, 5.41) is 5.01. The van der Waals surface area contributed by atoms with Crippen LogP contribution < -0.4 is 0 Å². The van der Waals surface area contributed by atoms with Gasteiger partial charge in [-0.25, -0.2) is 0 Å². The molecule has 2 heterocycles. The molecule has 0 aliphatic rings. The summed E-state index contributed by atoms with van der Waals surface area (Å²) in [6.45, 7) is 0. The molecular weight excluding hydrogens is 460 g/mol. The Labute approximate surface area is 221 Å². The van der Waals surface area contributed by atoms with Gasteiger partial charge in [-0.1, -0.05) is 103 Å². The molecule has 2 aromatic heterocycles. The molecule has 0 amide bonds. The molecule has 0 unspecified atom stereocenters. The van der Waals surface area contributed by atoms with Crippen LogP contribution >= 0.6 is 0 Å². The molecule has 0 radical (unpaired) electrons. The first-order valence-electron chi connectivity index (χ1n) is 12.8. The van der Waals surface area contributed by atoms with Crippen LogP contribution in [0.1, 0.15) is 0 Å². The first-order chi connectivity index (χ1) is 18.9. The zero-order chi connectivity index (χ0) is 25.3. The highest BCUT2D eigenvalue weighted by atomic mass is 14.6. The molecular formula is C36H24N2. The third kappa shape index (κ3) is 3.84. The molecule has 7 rings (SSSR count). The maximum Gasteiger partial charge on any atom is 0.0346 e. The summed E-state index contributed by atoms with van der Waals surface area (Å²) in [6, 6.07) is 43.4. The van der Waals surface area contributed by atoms with Crippen LogP contribution in [0.2, 0.25) is 0 Å². The van der Waals surface area contributed by atoms with Crippen LogP contribution in [0, 0.1) is 0 Å². The molecule has 0 aliphatic heterocycles. The van der Waals surface area contributed by atoms with Crippen molar-refractivity contribution in [1.29, 1.82) is 0 Å². The van der Waals surface area contributed by atoms with Crippen molar-refractivity contribution in [2.75, 3.05) is 0 Å². The largest absolute Gasteiger partial charge is 0.264 e. The summed E-state index contributed by atoms with van der Waals surface area (Å²) in [5.41, 5.74) is 9.51. The Kier molecular flexibility index (Phi) is 5.49. The zero-order valence-electron chi connectivity index (χ0n) is 20.8. The normalized spacial score (nSPS) is 11.2. The molecule has 178 valence electrons. The van der Waals surface area contributed by atoms with E-state index in [-0.39, 0.29) is 0 Å². The van der Waals surface area contributed by atoms with E-state index < -0.39 is 0 Å². The summed E-state index contributed by atoms with van der Waals surface area (Å²) in [5.74, 6) is 0. The third-order valence-electron chi connectivity index (χ3n) is 7.25. The van der Waals surface area contributed by atoms with E-state index >= 15 is 0 Å². The van der Waals surface area contributed by atoms with Gasteiger partial charge in [-0.3, -0.25) is 9.97 Å². The fraction of sp³-hybridized carbons (Fsp3) is 0. The maximum absolute atomic E-state index is 4.33. The van der Waals surface area contributed by atoms with Crippen molar-refractivity contribution in [2.45, 2.75) is 0 Å². The van der Waals surface area contributed by atoms with Gasteiger partial charge >= 0.3 is 0 Å². The molecule has 2 heteroatoms. The monoisotopic (exact) mass is 484 g/mol. The van der Waals surface area contributed by atoms with Gasteiger partial charge in [-0.15, -0.1) is 0 Å². The van der Waals surface area contributed by atoms with E-state index in [1.54, 1.807) is 0 Å². The number of pyridine rings is 2. The van der Waals surface area contributed by atoms with Crippen LogP contribution in [-0.4, -0.2) is 9.97 Å². The molecule has 0 N–H and O–H groups in total. The number of aromatic nitrogens is 2. The molecule has 38 heavy (non-hydrogen) atoms. The van der Waals surface area contributed by atoms with Gasteiger partial charge < -0.3 is 0 Å². The lowest BCUT2D eigenvalue weighted by Gasteiger charge is -2.18. The van der Waals surface area contributed by atoms with Crippen molar-refractivity contribution < 1.29 is 0 Å². The van der Waals surface area contributed by atoms with E-state index in [1.165, 1.54) is 54.9 Å². The number of rotatable bonds is 4. The highest BCUT2D eigenvalue weighted by Crippen LogP contribution is 2.44. The van der Waals surface area contributed by atoms with Crippen molar-refractivity contribution >= 4 is 21.5 Å². The van der Waals surface area contributed by atoms with Gasteiger partial charge in [0.15, 0.2) is 0 Å². The Morgan fingerprint density at radius 1 is 0.316 bits per heavy atom. The molecule has 0 aliphatic carbocycles. The first-order valence-corrected chi connectivity index (χ1v) is 12.8. The lowest BCUT2D eigenvalue weighted by atomic mass is 9.85. The van der Waals surface area contributed by atoms with Crippen molar-refractivity contribution in [2.24, 2.45) is 0 Å². The quantitative estimate of drug-likeness (QED) is 0.233. The fourth-order valence-corrected chi connectivity index (χ4v) is 5.50. The van der Waals surface area contributed by atoms with Crippen molar-refractivity contribution in [3.05, 3.63) is 146 Å². The smallest absolute Gasteiger partial charge is 0.0346 e. The van der Waals surface area contributed by atoms with Crippen LogP contribution in [0.15, 0.2) is 146 Å². The summed E-state index contributed by atoms with van der Waals surface area (Å²) in [4.78, 5) is 8.61. The molecule has 0 bridgehead atoms. The molecule has 0 atom stereocenters. The predicted octanol–water partition coefficient (Wildman–Crippen LogP) is 9.45. The van der Waals surface area contributed by atoms with Gasteiger partial charge in [-0.2, -0.15) is 0 Å². The van der Waals surface area contributed by atoms with Gasteiger partial charge in [0.2, 0.25) is 0 Å². The van der Waals surface area contributed by atoms with Crippen LogP contribution in [0.3, 0.4) is 0 Å². The summed E-state index contributed by atoms with van der Waals surface area (Å²) >= 11 is 0. The number of nitrogens with zero attached hydrogens (tertiary/aromatic N) is 2. The van der Waals surface area contributed by atoms with E-state index in [9.17, 15) is 0 Å².